The second-order valence-corrected chi connectivity index (χ2v) is 6.16. The molecule has 0 aliphatic heterocycles. The summed E-state index contributed by atoms with van der Waals surface area (Å²) >= 11 is 10.3. The summed E-state index contributed by atoms with van der Waals surface area (Å²) in [5, 5.41) is 0.0579. The molecule has 6 heteroatoms. The van der Waals surface area contributed by atoms with Crippen molar-refractivity contribution in [2.75, 3.05) is 5.75 Å². The van der Waals surface area contributed by atoms with Crippen LogP contribution in [0.5, 0.6) is 0 Å². The van der Waals surface area contributed by atoms with E-state index in [0.29, 0.717) is 6.54 Å². The van der Waals surface area contributed by atoms with Crippen molar-refractivity contribution >= 4 is 24.2 Å². The highest BCUT2D eigenvalue weighted by molar-refractivity contribution is 7.80. The summed E-state index contributed by atoms with van der Waals surface area (Å²) in [7, 11) is 0. The first-order valence-corrected chi connectivity index (χ1v) is 7.67. The lowest BCUT2D eigenvalue weighted by atomic mass is 9.82. The lowest BCUT2D eigenvalue weighted by Crippen LogP contribution is -2.37. The number of H-pyrrole nitrogens is 1. The number of aromatic amines is 1. The van der Waals surface area contributed by atoms with Gasteiger partial charge in [0.2, 0.25) is 0 Å². The summed E-state index contributed by atoms with van der Waals surface area (Å²) in [6, 6.07) is 0. The van der Waals surface area contributed by atoms with Gasteiger partial charge in [0.15, 0.2) is 0 Å². The molecular weight excluding hydrogens is 284 g/mol. The van der Waals surface area contributed by atoms with Gasteiger partial charge in [-0.3, -0.25) is 14.3 Å². The van der Waals surface area contributed by atoms with Gasteiger partial charge in [-0.1, -0.05) is 37.3 Å². The molecule has 4 nitrogen and oxygen atoms in total. The predicted molar refractivity (Wildman–Crippen MR) is 80.3 cm³/mol. The smallest absolute Gasteiger partial charge is 0.299 e. The molecule has 0 radical (unpaired) electrons. The van der Waals surface area contributed by atoms with Gasteiger partial charge in [-0.05, 0) is 24.0 Å². The molecule has 1 fully saturated rings. The van der Waals surface area contributed by atoms with E-state index in [1.54, 1.807) is 0 Å². The lowest BCUT2D eigenvalue weighted by Gasteiger charge is -2.31. The zero-order chi connectivity index (χ0) is 13.9. The van der Waals surface area contributed by atoms with Gasteiger partial charge in [-0.15, -0.1) is 0 Å². The molecule has 0 atom stereocenters. The van der Waals surface area contributed by atoms with Crippen LogP contribution < -0.4 is 11.2 Å². The van der Waals surface area contributed by atoms with Crippen LogP contribution in [-0.2, 0) is 6.54 Å². The number of hydrogen-bond donors (Lipinski definition) is 2. The van der Waals surface area contributed by atoms with Gasteiger partial charge >= 0.3 is 5.69 Å². The number of halogens is 1. The van der Waals surface area contributed by atoms with Crippen LogP contribution in [0.25, 0.3) is 0 Å². The molecule has 1 aliphatic rings. The topological polar surface area (TPSA) is 54.9 Å². The Bertz CT molecular complexity index is 544. The summed E-state index contributed by atoms with van der Waals surface area (Å²) in [4.78, 5) is 25.4. The minimum absolute atomic E-state index is 0.0327. The van der Waals surface area contributed by atoms with Crippen LogP contribution in [0, 0.1) is 5.41 Å². The number of nitrogens with zero attached hydrogens (tertiary/aromatic N) is 1. The third-order valence-corrected chi connectivity index (χ3v) is 4.91. The number of aromatic nitrogens is 2. The lowest BCUT2D eigenvalue weighted by molar-refractivity contribution is 0.236. The third-order valence-electron chi connectivity index (χ3n) is 3.97. The van der Waals surface area contributed by atoms with E-state index in [1.807, 2.05) is 0 Å². The highest BCUT2D eigenvalue weighted by Crippen LogP contribution is 2.37. The Kier molecular flexibility index (Phi) is 4.79. The Labute approximate surface area is 122 Å². The molecule has 1 saturated carbocycles. The Balaban J connectivity index is 2.29. The number of hydrogen-bond acceptors (Lipinski definition) is 3. The van der Waals surface area contributed by atoms with E-state index in [2.05, 4.69) is 17.6 Å². The van der Waals surface area contributed by atoms with Crippen molar-refractivity contribution in [3.05, 3.63) is 32.1 Å². The standard InChI is InChI=1S/C13H19ClN2O2S/c14-10-7-16(12(18)15-11(10)17)8-13(9-19)5-3-1-2-4-6-13/h7,19H,1-6,8-9H2,(H,15,17,18). The number of thiol groups is 1. The third kappa shape index (κ3) is 3.45. The van der Waals surface area contributed by atoms with Crippen molar-refractivity contribution in [1.82, 2.24) is 9.55 Å². The van der Waals surface area contributed by atoms with E-state index < -0.39 is 5.56 Å². The van der Waals surface area contributed by atoms with E-state index in [9.17, 15) is 9.59 Å². The molecule has 106 valence electrons. The molecule has 0 amide bonds. The Morgan fingerprint density at radius 3 is 2.47 bits per heavy atom. The molecular formula is C13H19ClN2O2S. The molecule has 19 heavy (non-hydrogen) atoms. The molecule has 0 unspecified atom stereocenters. The first-order valence-electron chi connectivity index (χ1n) is 6.66. The molecule has 0 aromatic carbocycles. The summed E-state index contributed by atoms with van der Waals surface area (Å²) < 4.78 is 1.52. The quantitative estimate of drug-likeness (QED) is 0.666. The van der Waals surface area contributed by atoms with Crippen molar-refractivity contribution in [3.63, 3.8) is 0 Å². The van der Waals surface area contributed by atoms with E-state index in [-0.39, 0.29) is 16.1 Å². The molecule has 2 rings (SSSR count). The fraction of sp³-hybridized carbons (Fsp3) is 0.692. The van der Waals surface area contributed by atoms with Gasteiger partial charge in [0, 0.05) is 12.7 Å². The normalized spacial score (nSPS) is 19.1. The average Bonchev–Trinajstić information content (AvgIpc) is 2.62. The first-order chi connectivity index (χ1) is 9.06. The van der Waals surface area contributed by atoms with Crippen LogP contribution in [-0.4, -0.2) is 15.3 Å². The van der Waals surface area contributed by atoms with Gasteiger partial charge in [0.25, 0.3) is 5.56 Å². The maximum Gasteiger partial charge on any atom is 0.328 e. The van der Waals surface area contributed by atoms with Crippen LogP contribution in [0.4, 0.5) is 0 Å². The molecule has 0 saturated heterocycles. The van der Waals surface area contributed by atoms with E-state index in [4.69, 9.17) is 11.6 Å². The number of nitrogens with one attached hydrogen (secondary N) is 1. The SMILES string of the molecule is O=c1[nH]c(=O)n(CC2(CS)CCCCCC2)cc1Cl. The Morgan fingerprint density at radius 1 is 1.26 bits per heavy atom. The molecule has 0 bridgehead atoms. The molecule has 1 aliphatic carbocycles. The molecule has 1 aromatic rings. The van der Waals surface area contributed by atoms with E-state index >= 15 is 0 Å². The predicted octanol–water partition coefficient (Wildman–Crippen LogP) is 2.46. The van der Waals surface area contributed by atoms with Crippen molar-refractivity contribution < 1.29 is 0 Å². The monoisotopic (exact) mass is 302 g/mol. The first kappa shape index (κ1) is 14.7. The highest BCUT2D eigenvalue weighted by atomic mass is 35.5. The zero-order valence-electron chi connectivity index (χ0n) is 10.8. The van der Waals surface area contributed by atoms with Crippen LogP contribution in [0.15, 0.2) is 15.8 Å². The molecule has 1 heterocycles. The highest BCUT2D eigenvalue weighted by Gasteiger charge is 2.30. The summed E-state index contributed by atoms with van der Waals surface area (Å²) in [6.07, 6.45) is 8.42. The second-order valence-electron chi connectivity index (χ2n) is 5.44. The average molecular weight is 303 g/mol. The summed E-state index contributed by atoms with van der Waals surface area (Å²) in [5.41, 5.74) is -0.881. The Morgan fingerprint density at radius 2 is 1.89 bits per heavy atom. The fourth-order valence-corrected chi connectivity index (χ4v) is 3.39. The summed E-state index contributed by atoms with van der Waals surface area (Å²) in [5.74, 6) is 0.746. The minimum atomic E-state index is -0.524. The van der Waals surface area contributed by atoms with Gasteiger partial charge in [-0.25, -0.2) is 4.79 Å². The van der Waals surface area contributed by atoms with Crippen molar-refractivity contribution in [1.29, 1.82) is 0 Å². The molecule has 1 aromatic heterocycles. The zero-order valence-corrected chi connectivity index (χ0v) is 12.5. The second kappa shape index (κ2) is 6.18. The molecule has 1 N–H and O–H groups in total. The van der Waals surface area contributed by atoms with Crippen LogP contribution in [0.3, 0.4) is 0 Å². The largest absolute Gasteiger partial charge is 0.328 e. The molecule has 0 spiro atoms. The number of rotatable bonds is 3. The fourth-order valence-electron chi connectivity index (χ4n) is 2.81. The summed E-state index contributed by atoms with van der Waals surface area (Å²) in [6.45, 7) is 0.575. The van der Waals surface area contributed by atoms with Crippen molar-refractivity contribution in [2.24, 2.45) is 5.41 Å². The van der Waals surface area contributed by atoms with Crippen LogP contribution in [0.2, 0.25) is 5.02 Å². The van der Waals surface area contributed by atoms with Crippen LogP contribution >= 0.6 is 24.2 Å². The maximum atomic E-state index is 11.8. The van der Waals surface area contributed by atoms with Crippen LogP contribution in [0.1, 0.15) is 38.5 Å². The van der Waals surface area contributed by atoms with Gasteiger partial charge in [0.05, 0.1) is 0 Å². The van der Waals surface area contributed by atoms with Gasteiger partial charge in [-0.2, -0.15) is 12.6 Å². The van der Waals surface area contributed by atoms with Gasteiger partial charge < -0.3 is 0 Å². The Hall–Kier alpha value is -0.680. The van der Waals surface area contributed by atoms with E-state index in [0.717, 1.165) is 18.6 Å². The van der Waals surface area contributed by atoms with E-state index in [1.165, 1.54) is 36.4 Å². The van der Waals surface area contributed by atoms with Crippen molar-refractivity contribution in [2.45, 2.75) is 45.1 Å². The van der Waals surface area contributed by atoms with Crippen molar-refractivity contribution in [3.8, 4) is 0 Å². The minimum Gasteiger partial charge on any atom is -0.299 e. The maximum absolute atomic E-state index is 11.8. The van der Waals surface area contributed by atoms with Gasteiger partial charge in [0.1, 0.15) is 5.02 Å².